The summed E-state index contributed by atoms with van der Waals surface area (Å²) in [5, 5.41) is 9.28. The molecule has 1 saturated carbocycles. The maximum absolute atomic E-state index is 11.3. The molecule has 1 N–H and O–H groups in total. The second kappa shape index (κ2) is 10.00. The van der Waals surface area contributed by atoms with Gasteiger partial charge in [-0.1, -0.05) is 35.6 Å². The molecule has 2 aliphatic carbocycles. The minimum Gasteiger partial charge on any atom is -0.480 e. The van der Waals surface area contributed by atoms with Crippen molar-refractivity contribution in [2.45, 2.75) is 50.7 Å². The Morgan fingerprint density at radius 3 is 2.86 bits per heavy atom. The predicted octanol–water partition coefficient (Wildman–Crippen LogP) is 4.58. The second-order valence-electron chi connectivity index (χ2n) is 7.30. The fourth-order valence-corrected chi connectivity index (χ4v) is 4.31. The molecule has 0 bridgehead atoms. The number of carboxylic acid groups (broad SMARTS) is 1. The van der Waals surface area contributed by atoms with Crippen molar-refractivity contribution < 1.29 is 19.1 Å². The summed E-state index contributed by atoms with van der Waals surface area (Å²) in [7, 11) is 0. The van der Waals surface area contributed by atoms with Gasteiger partial charge >= 0.3 is 5.97 Å². The van der Waals surface area contributed by atoms with E-state index in [-0.39, 0.29) is 0 Å². The number of allylic oxidation sites excluding steroid dienone is 6. The van der Waals surface area contributed by atoms with Gasteiger partial charge in [-0.2, -0.15) is 0 Å². The molecule has 0 saturated heterocycles. The number of nitrogens with zero attached hydrogens (tertiary/aromatic N) is 1. The van der Waals surface area contributed by atoms with Crippen LogP contribution in [-0.4, -0.2) is 39.8 Å². The molecule has 0 amide bonds. The Labute approximate surface area is 176 Å². The van der Waals surface area contributed by atoms with Crippen LogP contribution in [0.15, 0.2) is 34.3 Å². The second-order valence-corrected chi connectivity index (χ2v) is 8.66. The van der Waals surface area contributed by atoms with Crippen molar-refractivity contribution in [3.05, 3.63) is 47.2 Å². The number of ether oxygens (including phenoxy) is 1. The van der Waals surface area contributed by atoms with Crippen LogP contribution in [0.4, 0.5) is 0 Å². The van der Waals surface area contributed by atoms with E-state index in [1.807, 2.05) is 13.0 Å². The predicted molar refractivity (Wildman–Crippen MR) is 116 cm³/mol. The normalized spacial score (nSPS) is 17.4. The van der Waals surface area contributed by atoms with E-state index in [1.165, 1.54) is 17.3 Å². The highest BCUT2D eigenvalue weighted by Crippen LogP contribution is 2.44. The molecule has 5 nitrogen and oxygen atoms in total. The summed E-state index contributed by atoms with van der Waals surface area (Å²) in [5.74, 6) is 7.24. The number of aromatic nitrogens is 1. The highest BCUT2D eigenvalue weighted by molar-refractivity contribution is 8.01. The largest absolute Gasteiger partial charge is 0.480 e. The van der Waals surface area contributed by atoms with Gasteiger partial charge in [-0.05, 0) is 45.6 Å². The fourth-order valence-electron chi connectivity index (χ4n) is 3.16. The van der Waals surface area contributed by atoms with Gasteiger partial charge in [0.15, 0.2) is 0 Å². The first-order chi connectivity index (χ1) is 14.0. The molecule has 0 aromatic carbocycles. The number of rotatable bonds is 8. The van der Waals surface area contributed by atoms with Crippen LogP contribution in [0.25, 0.3) is 5.57 Å². The van der Waals surface area contributed by atoms with Gasteiger partial charge in [0.1, 0.15) is 17.1 Å². The van der Waals surface area contributed by atoms with E-state index < -0.39 is 10.7 Å². The molecule has 1 fully saturated rings. The summed E-state index contributed by atoms with van der Waals surface area (Å²) in [6.07, 6.45) is 12.4. The van der Waals surface area contributed by atoms with Crippen LogP contribution >= 0.6 is 11.8 Å². The number of thioether (sulfide) groups is 1. The first-order valence-corrected chi connectivity index (χ1v) is 10.9. The Bertz CT molecular complexity index is 894. The third kappa shape index (κ3) is 5.65. The molecule has 154 valence electrons. The summed E-state index contributed by atoms with van der Waals surface area (Å²) < 4.78 is 10.8. The topological polar surface area (TPSA) is 72.6 Å². The molecule has 0 spiro atoms. The van der Waals surface area contributed by atoms with E-state index in [2.05, 4.69) is 42.0 Å². The molecule has 1 aromatic rings. The minimum absolute atomic E-state index is 0.337. The molecular formula is C23H27NO4S. The number of aryl methyl sites for hydroxylation is 1. The highest BCUT2D eigenvalue weighted by atomic mass is 32.2. The summed E-state index contributed by atoms with van der Waals surface area (Å²) in [6.45, 7) is 4.86. The first kappa shape index (κ1) is 21.5. The average Bonchev–Trinajstić information content (AvgIpc) is 2.87. The van der Waals surface area contributed by atoms with Gasteiger partial charge in [-0.3, -0.25) is 4.79 Å². The zero-order chi connectivity index (χ0) is 20.7. The van der Waals surface area contributed by atoms with Gasteiger partial charge in [0.25, 0.3) is 0 Å². The maximum Gasteiger partial charge on any atom is 0.319 e. The van der Waals surface area contributed by atoms with Gasteiger partial charge in [-0.25, -0.2) is 4.98 Å². The van der Waals surface area contributed by atoms with E-state index >= 15 is 0 Å². The van der Waals surface area contributed by atoms with Crippen LogP contribution in [0.3, 0.4) is 0 Å². The fraction of sp³-hybridized carbons (Fsp3) is 0.478. The lowest BCUT2D eigenvalue weighted by Crippen LogP contribution is -2.42. The van der Waals surface area contributed by atoms with Crippen LogP contribution in [0.5, 0.6) is 0 Å². The lowest BCUT2D eigenvalue weighted by atomic mass is 9.84. The van der Waals surface area contributed by atoms with Crippen molar-refractivity contribution >= 4 is 23.3 Å². The average molecular weight is 414 g/mol. The van der Waals surface area contributed by atoms with Crippen molar-refractivity contribution in [2.24, 2.45) is 0 Å². The summed E-state index contributed by atoms with van der Waals surface area (Å²) in [6, 6.07) is 0. The summed E-state index contributed by atoms with van der Waals surface area (Å²) in [4.78, 5) is 15.9. The van der Waals surface area contributed by atoms with Crippen molar-refractivity contribution in [3.63, 3.8) is 0 Å². The lowest BCUT2D eigenvalue weighted by molar-refractivity contribution is -0.142. The van der Waals surface area contributed by atoms with Crippen LogP contribution in [-0.2, 0) is 16.0 Å². The molecule has 0 aliphatic heterocycles. The first-order valence-electron chi connectivity index (χ1n) is 9.93. The van der Waals surface area contributed by atoms with E-state index in [1.54, 1.807) is 0 Å². The van der Waals surface area contributed by atoms with Crippen LogP contribution in [0.1, 0.15) is 50.0 Å². The molecule has 0 atom stereocenters. The molecule has 3 rings (SSSR count). The third-order valence-corrected chi connectivity index (χ3v) is 6.62. The quantitative estimate of drug-likeness (QED) is 0.497. The number of oxazole rings is 1. The minimum atomic E-state index is -0.712. The van der Waals surface area contributed by atoms with Gasteiger partial charge < -0.3 is 14.3 Å². The number of hydrogen-bond acceptors (Lipinski definition) is 5. The summed E-state index contributed by atoms with van der Waals surface area (Å²) >= 11 is 1.43. The van der Waals surface area contributed by atoms with Crippen molar-refractivity contribution in [2.75, 3.05) is 19.0 Å². The van der Waals surface area contributed by atoms with E-state index in [4.69, 9.17) is 9.15 Å². The van der Waals surface area contributed by atoms with Gasteiger partial charge in [0, 0.05) is 12.0 Å². The molecule has 29 heavy (non-hydrogen) atoms. The molecule has 1 heterocycles. The van der Waals surface area contributed by atoms with E-state index in [0.29, 0.717) is 31.3 Å². The van der Waals surface area contributed by atoms with Gasteiger partial charge in [-0.15, -0.1) is 11.8 Å². The monoisotopic (exact) mass is 413 g/mol. The maximum atomic E-state index is 11.3. The number of carboxylic acids is 1. The van der Waals surface area contributed by atoms with E-state index in [0.717, 1.165) is 42.7 Å². The number of carbonyl (C=O) groups is 1. The van der Waals surface area contributed by atoms with Crippen molar-refractivity contribution in [3.8, 4) is 11.8 Å². The van der Waals surface area contributed by atoms with Gasteiger partial charge in [0.05, 0.1) is 18.1 Å². The molecular weight excluding hydrogens is 386 g/mol. The van der Waals surface area contributed by atoms with Crippen molar-refractivity contribution in [1.82, 2.24) is 4.98 Å². The molecule has 2 aliphatic rings. The SMILES string of the molecule is CC1=CCC=C(c2nc(CCOCC#CCSC3(C(=O)O)CCC3)c(C)o2)C=C1. The highest BCUT2D eigenvalue weighted by Gasteiger charge is 2.44. The zero-order valence-corrected chi connectivity index (χ0v) is 17.8. The molecule has 0 radical (unpaired) electrons. The molecule has 1 aromatic heterocycles. The smallest absolute Gasteiger partial charge is 0.319 e. The van der Waals surface area contributed by atoms with Crippen molar-refractivity contribution in [1.29, 1.82) is 0 Å². The Hall–Kier alpha value is -2.23. The zero-order valence-electron chi connectivity index (χ0n) is 17.0. The summed E-state index contributed by atoms with van der Waals surface area (Å²) in [5.41, 5.74) is 3.14. The van der Waals surface area contributed by atoms with E-state index in [9.17, 15) is 9.90 Å². The van der Waals surface area contributed by atoms with Crippen LogP contribution in [0, 0.1) is 18.8 Å². The molecule has 0 unspecified atom stereocenters. The van der Waals surface area contributed by atoms with Crippen LogP contribution < -0.4 is 0 Å². The lowest BCUT2D eigenvalue weighted by Gasteiger charge is -2.36. The Morgan fingerprint density at radius 2 is 2.14 bits per heavy atom. The number of hydrogen-bond donors (Lipinski definition) is 1. The number of aliphatic carboxylic acids is 1. The molecule has 6 heteroatoms. The Morgan fingerprint density at radius 1 is 1.31 bits per heavy atom. The standard InChI is InChI=1S/C23H27NO4S/c1-17-7-5-8-19(10-9-17)21-24-20(18(2)28-21)11-15-27-14-3-4-16-29-23(22(25)26)12-6-13-23/h7-10H,5-6,11-16H2,1-2H3,(H,25,26). The Balaban J connectivity index is 1.39. The van der Waals surface area contributed by atoms with Crippen LogP contribution in [0.2, 0.25) is 0 Å². The van der Waals surface area contributed by atoms with Gasteiger partial charge in [0.2, 0.25) is 5.89 Å². The third-order valence-electron chi connectivity index (χ3n) is 5.20. The Kier molecular flexibility index (Phi) is 7.40.